The van der Waals surface area contributed by atoms with E-state index < -0.39 is 48.5 Å². The highest BCUT2D eigenvalue weighted by Crippen LogP contribution is 2.12. The first-order valence-corrected chi connectivity index (χ1v) is 8.80. The van der Waals surface area contributed by atoms with Gasteiger partial charge in [0.05, 0.1) is 20.5 Å². The number of alkyl carbamates (subject to hydrolysis) is 1. The molecule has 0 radical (unpaired) electrons. The van der Waals surface area contributed by atoms with E-state index in [0.717, 1.165) is 0 Å². The normalized spacial score (nSPS) is 13.5. The number of likely N-dealkylation sites (N-methyl/N-ethyl adjacent to an activating group) is 1. The van der Waals surface area contributed by atoms with Crippen molar-refractivity contribution in [2.75, 3.05) is 34.0 Å². The number of nitrogens with zero attached hydrogens (tertiary/aromatic N) is 1. The fraction of sp³-hybridized carbons (Fsp3) is 0.833. The number of rotatable bonds is 8. The Balaban J connectivity index is 4.90. The van der Waals surface area contributed by atoms with E-state index in [9.17, 15) is 18.8 Å². The third-order valence-corrected chi connectivity index (χ3v) is 3.04. The van der Waals surface area contributed by atoms with Gasteiger partial charge in [-0.05, 0) is 41.5 Å². The number of alkyl halides is 1. The highest BCUT2D eigenvalue weighted by Gasteiger charge is 2.31. The Bertz CT molecular complexity index is 523. The van der Waals surface area contributed by atoms with Gasteiger partial charge in [0.1, 0.15) is 30.4 Å². The zero-order valence-corrected chi connectivity index (χ0v) is 17.7. The average Bonchev–Trinajstić information content (AvgIpc) is 2.42. The molecule has 0 aromatic carbocycles. The Morgan fingerprint density at radius 2 is 1.52 bits per heavy atom. The third kappa shape index (κ3) is 13.0. The monoisotopic (exact) mass is 393 g/mol. The van der Waals surface area contributed by atoms with E-state index in [-0.39, 0.29) is 17.6 Å². The highest BCUT2D eigenvalue weighted by atomic mass is 19.1. The van der Waals surface area contributed by atoms with E-state index in [1.54, 1.807) is 55.6 Å². The van der Waals surface area contributed by atoms with Crippen LogP contribution in [0.5, 0.6) is 0 Å². The number of quaternary nitrogens is 1. The van der Waals surface area contributed by atoms with Gasteiger partial charge in [0.25, 0.3) is 0 Å². The number of nitrogens with one attached hydrogen (secondary N) is 1. The standard InChI is InChI=1S/C18H33FN2O6/c1-17(2,3)26-15(23)13(20-16(24)27-18(4,5)6)11-14(22)25-10-9-21(7,8)12-19/h13H,9-12H2,1-8H3/p+1. The second-order valence-corrected chi connectivity index (χ2v) is 8.94. The molecule has 1 N–H and O–H groups in total. The minimum absolute atomic E-state index is 0.0107. The van der Waals surface area contributed by atoms with Crippen LogP contribution in [0, 0.1) is 0 Å². The van der Waals surface area contributed by atoms with Crippen molar-refractivity contribution in [2.24, 2.45) is 0 Å². The molecule has 1 atom stereocenters. The van der Waals surface area contributed by atoms with Crippen LogP contribution in [0.3, 0.4) is 0 Å². The Morgan fingerprint density at radius 3 is 1.96 bits per heavy atom. The van der Waals surface area contributed by atoms with Crippen molar-refractivity contribution < 1.29 is 37.5 Å². The van der Waals surface area contributed by atoms with E-state index >= 15 is 0 Å². The molecule has 0 heterocycles. The zero-order chi connectivity index (χ0) is 21.5. The summed E-state index contributed by atoms with van der Waals surface area (Å²) in [7, 11) is 3.31. The van der Waals surface area contributed by atoms with Crippen molar-refractivity contribution in [1.82, 2.24) is 5.32 Å². The lowest BCUT2D eigenvalue weighted by Gasteiger charge is -2.26. The lowest BCUT2D eigenvalue weighted by Crippen LogP contribution is -2.47. The number of esters is 2. The van der Waals surface area contributed by atoms with E-state index in [2.05, 4.69) is 5.32 Å². The first-order chi connectivity index (χ1) is 12.0. The highest BCUT2D eigenvalue weighted by molar-refractivity contribution is 5.86. The smallest absolute Gasteiger partial charge is 0.408 e. The van der Waals surface area contributed by atoms with E-state index in [1.807, 2.05) is 0 Å². The lowest BCUT2D eigenvalue weighted by atomic mass is 10.1. The topological polar surface area (TPSA) is 90.9 Å². The second kappa shape index (κ2) is 9.87. The minimum atomic E-state index is -1.25. The Kier molecular flexibility index (Phi) is 9.17. The van der Waals surface area contributed by atoms with Crippen LogP contribution in [0.25, 0.3) is 0 Å². The Hall–Kier alpha value is -1.90. The summed E-state index contributed by atoms with van der Waals surface area (Å²) in [5.74, 6) is -1.48. The average molecular weight is 393 g/mol. The number of hydrogen-bond donors (Lipinski definition) is 1. The maximum atomic E-state index is 12.8. The summed E-state index contributed by atoms with van der Waals surface area (Å²) >= 11 is 0. The van der Waals surface area contributed by atoms with Gasteiger partial charge in [-0.25, -0.2) is 9.59 Å². The van der Waals surface area contributed by atoms with Gasteiger partial charge >= 0.3 is 18.0 Å². The summed E-state index contributed by atoms with van der Waals surface area (Å²) in [5.41, 5.74) is -1.56. The molecule has 0 spiro atoms. The molecule has 0 aliphatic rings. The van der Waals surface area contributed by atoms with Gasteiger partial charge in [-0.2, -0.15) is 4.39 Å². The molecule has 9 heteroatoms. The van der Waals surface area contributed by atoms with E-state index in [4.69, 9.17) is 14.2 Å². The first kappa shape index (κ1) is 25.1. The summed E-state index contributed by atoms with van der Waals surface area (Å²) in [6.45, 7) is 9.71. The molecule has 27 heavy (non-hydrogen) atoms. The molecule has 0 saturated carbocycles. The van der Waals surface area contributed by atoms with Crippen molar-refractivity contribution in [3.8, 4) is 0 Å². The fourth-order valence-electron chi connectivity index (χ4n) is 1.71. The molecule has 0 saturated heterocycles. The largest absolute Gasteiger partial charge is 0.460 e. The van der Waals surface area contributed by atoms with Gasteiger partial charge in [-0.1, -0.05) is 0 Å². The predicted octanol–water partition coefficient (Wildman–Crippen LogP) is 2.16. The van der Waals surface area contributed by atoms with Crippen molar-refractivity contribution in [1.29, 1.82) is 0 Å². The minimum Gasteiger partial charge on any atom is -0.460 e. The molecule has 0 aliphatic carbocycles. The Labute approximate surface area is 160 Å². The van der Waals surface area contributed by atoms with Gasteiger partial charge in [-0.15, -0.1) is 0 Å². The number of halogens is 1. The van der Waals surface area contributed by atoms with Gasteiger partial charge in [-0.3, -0.25) is 9.28 Å². The van der Waals surface area contributed by atoms with Crippen LogP contribution in [0.4, 0.5) is 9.18 Å². The quantitative estimate of drug-likeness (QED) is 0.294. The van der Waals surface area contributed by atoms with Gasteiger partial charge < -0.3 is 19.5 Å². The molecule has 1 unspecified atom stereocenters. The van der Waals surface area contributed by atoms with Crippen LogP contribution >= 0.6 is 0 Å². The van der Waals surface area contributed by atoms with Crippen LogP contribution in [0.1, 0.15) is 48.0 Å². The molecule has 8 nitrogen and oxygen atoms in total. The van der Waals surface area contributed by atoms with Crippen LogP contribution in [0.15, 0.2) is 0 Å². The van der Waals surface area contributed by atoms with Crippen LogP contribution in [-0.2, 0) is 23.8 Å². The number of hydrogen-bond acceptors (Lipinski definition) is 6. The van der Waals surface area contributed by atoms with Gasteiger partial charge in [0.15, 0.2) is 0 Å². The second-order valence-electron chi connectivity index (χ2n) is 8.94. The summed E-state index contributed by atoms with van der Waals surface area (Å²) in [6, 6.07) is -1.25. The summed E-state index contributed by atoms with van der Waals surface area (Å²) in [4.78, 5) is 36.3. The van der Waals surface area contributed by atoms with Crippen molar-refractivity contribution in [3.05, 3.63) is 0 Å². The third-order valence-electron chi connectivity index (χ3n) is 3.04. The van der Waals surface area contributed by atoms with Crippen LogP contribution in [0.2, 0.25) is 0 Å². The molecule has 0 fully saturated rings. The zero-order valence-electron chi connectivity index (χ0n) is 17.7. The maximum absolute atomic E-state index is 12.8. The van der Waals surface area contributed by atoms with Crippen molar-refractivity contribution in [2.45, 2.75) is 65.2 Å². The summed E-state index contributed by atoms with van der Waals surface area (Å²) in [6.07, 6.45) is -1.27. The van der Waals surface area contributed by atoms with E-state index in [1.165, 1.54) is 0 Å². The molecular weight excluding hydrogens is 359 g/mol. The van der Waals surface area contributed by atoms with Gasteiger partial charge in [0.2, 0.25) is 6.80 Å². The van der Waals surface area contributed by atoms with Crippen molar-refractivity contribution in [3.63, 3.8) is 0 Å². The van der Waals surface area contributed by atoms with Crippen LogP contribution < -0.4 is 5.32 Å². The van der Waals surface area contributed by atoms with Crippen LogP contribution in [-0.4, -0.2) is 73.8 Å². The molecule has 0 aromatic rings. The number of carbonyl (C=O) groups is 3. The number of amides is 1. The predicted molar refractivity (Wildman–Crippen MR) is 97.5 cm³/mol. The molecule has 158 valence electrons. The van der Waals surface area contributed by atoms with E-state index in [0.29, 0.717) is 0 Å². The summed E-state index contributed by atoms with van der Waals surface area (Å²) < 4.78 is 28.2. The Morgan fingerprint density at radius 1 is 1.00 bits per heavy atom. The first-order valence-electron chi connectivity index (χ1n) is 8.80. The molecule has 0 aromatic heterocycles. The van der Waals surface area contributed by atoms with Gasteiger partial charge in [0, 0.05) is 0 Å². The number of ether oxygens (including phenoxy) is 3. The fourth-order valence-corrected chi connectivity index (χ4v) is 1.71. The molecule has 0 bridgehead atoms. The number of carbonyl (C=O) groups excluding carboxylic acids is 3. The molecule has 0 aliphatic heterocycles. The maximum Gasteiger partial charge on any atom is 0.408 e. The lowest BCUT2D eigenvalue weighted by molar-refractivity contribution is -0.902. The molecule has 1 amide bonds. The molecular formula is C18H34FN2O6+. The summed E-state index contributed by atoms with van der Waals surface area (Å²) in [5, 5.41) is 2.34. The SMILES string of the molecule is CC(C)(C)OC(=O)NC(CC(=O)OCC[N+](C)(C)CF)C(=O)OC(C)(C)C. The molecule has 0 rings (SSSR count). The van der Waals surface area contributed by atoms with Crippen molar-refractivity contribution >= 4 is 18.0 Å².